The molecule has 4 heteroatoms. The van der Waals surface area contributed by atoms with E-state index in [4.69, 9.17) is 0 Å². The third-order valence-corrected chi connectivity index (χ3v) is 9.47. The Morgan fingerprint density at radius 2 is 1.42 bits per heavy atom. The quantitative estimate of drug-likeness (QED) is 0.197. The van der Waals surface area contributed by atoms with E-state index < -0.39 is 0 Å². The van der Waals surface area contributed by atoms with Crippen molar-refractivity contribution in [3.8, 4) is 0 Å². The molecule has 2 N–H and O–H groups in total. The van der Waals surface area contributed by atoms with Gasteiger partial charge in [-0.25, -0.2) is 0 Å². The van der Waals surface area contributed by atoms with E-state index in [1.54, 1.807) is 0 Å². The Hall–Kier alpha value is -2.53. The highest BCUT2D eigenvalue weighted by molar-refractivity contribution is 8.01. The summed E-state index contributed by atoms with van der Waals surface area (Å²) in [6.45, 7) is 2.70. The number of benzene rings is 3. The molecule has 3 aliphatic rings. The number of nitrogens with one attached hydrogen (secondary N) is 1. The van der Waals surface area contributed by atoms with Gasteiger partial charge in [0, 0.05) is 23.6 Å². The lowest BCUT2D eigenvalue weighted by molar-refractivity contribution is 0.203. The van der Waals surface area contributed by atoms with Crippen LogP contribution in [0, 0.1) is 0 Å². The van der Waals surface area contributed by atoms with Crippen molar-refractivity contribution in [3.05, 3.63) is 101 Å². The number of rotatable bonds is 11. The molecule has 1 heterocycles. The number of hydrogen-bond donors (Lipinski definition) is 2. The van der Waals surface area contributed by atoms with Crippen LogP contribution in [0.5, 0.6) is 0 Å². The Kier molecular flexibility index (Phi) is 8.20. The first kappa shape index (κ1) is 25.7. The fourth-order valence-electron chi connectivity index (χ4n) is 5.83. The maximum absolute atomic E-state index is 9.73. The van der Waals surface area contributed by atoms with Crippen molar-refractivity contribution >= 4 is 28.8 Å². The van der Waals surface area contributed by atoms with Crippen LogP contribution in [-0.2, 0) is 0 Å². The third-order valence-electron chi connectivity index (χ3n) is 8.31. The standard InChI is InChI=1S/C34H40N2OS/c37-24-4-7-33(27-5-2-1-3-6-27)34(29-12-14-30(15-13-29)35-38-32-18-19-32)28-10-8-25(9-11-28)26-20-22-36(23-21-26)31-16-17-31/h1-3,5-6,8-15,26,31-32,35,37H,4,7,16-24H2/b34-33+. The zero-order valence-corrected chi connectivity index (χ0v) is 23.1. The summed E-state index contributed by atoms with van der Waals surface area (Å²) in [5.41, 5.74) is 8.95. The molecule has 198 valence electrons. The van der Waals surface area contributed by atoms with Gasteiger partial charge < -0.3 is 14.7 Å². The number of aliphatic hydroxyl groups is 1. The smallest absolute Gasteiger partial charge is 0.0440 e. The summed E-state index contributed by atoms with van der Waals surface area (Å²) in [7, 11) is 0. The summed E-state index contributed by atoms with van der Waals surface area (Å²) in [6, 6.07) is 30.0. The summed E-state index contributed by atoms with van der Waals surface area (Å²) >= 11 is 1.85. The van der Waals surface area contributed by atoms with Gasteiger partial charge in [0.25, 0.3) is 0 Å². The molecule has 1 aliphatic heterocycles. The zero-order chi connectivity index (χ0) is 25.7. The minimum Gasteiger partial charge on any atom is -0.396 e. The predicted octanol–water partition coefficient (Wildman–Crippen LogP) is 7.98. The third kappa shape index (κ3) is 6.36. The van der Waals surface area contributed by atoms with E-state index in [9.17, 15) is 5.11 Å². The van der Waals surface area contributed by atoms with Crippen molar-refractivity contribution in [1.82, 2.24) is 4.90 Å². The van der Waals surface area contributed by atoms with Crippen molar-refractivity contribution in [2.75, 3.05) is 24.4 Å². The maximum atomic E-state index is 9.73. The van der Waals surface area contributed by atoms with Gasteiger partial charge in [-0.2, -0.15) is 0 Å². The van der Waals surface area contributed by atoms with E-state index in [2.05, 4.69) is 88.5 Å². The van der Waals surface area contributed by atoms with Gasteiger partial charge in [0.1, 0.15) is 0 Å². The van der Waals surface area contributed by atoms with Gasteiger partial charge in [-0.15, -0.1) is 0 Å². The number of allylic oxidation sites excluding steroid dienone is 1. The molecule has 0 bridgehead atoms. The Bertz CT molecular complexity index is 1210. The van der Waals surface area contributed by atoms with E-state index in [1.807, 2.05) is 11.9 Å². The molecular formula is C34H40N2OS. The minimum atomic E-state index is 0.198. The number of hydrogen-bond acceptors (Lipinski definition) is 4. The number of aliphatic hydroxyl groups excluding tert-OH is 1. The lowest BCUT2D eigenvalue weighted by Gasteiger charge is -2.32. The summed E-state index contributed by atoms with van der Waals surface area (Å²) in [5.74, 6) is 0.670. The van der Waals surface area contributed by atoms with Crippen LogP contribution in [0.25, 0.3) is 11.1 Å². The number of likely N-dealkylation sites (tertiary alicyclic amines) is 1. The zero-order valence-electron chi connectivity index (χ0n) is 22.3. The molecule has 2 aliphatic carbocycles. The van der Waals surface area contributed by atoms with Crippen LogP contribution in [0.15, 0.2) is 78.9 Å². The Balaban J connectivity index is 1.31. The Morgan fingerprint density at radius 3 is 2.03 bits per heavy atom. The highest BCUT2D eigenvalue weighted by Gasteiger charge is 2.32. The monoisotopic (exact) mass is 524 g/mol. The van der Waals surface area contributed by atoms with Crippen molar-refractivity contribution in [2.24, 2.45) is 0 Å². The normalized spacial score (nSPS) is 19.3. The molecule has 0 atom stereocenters. The van der Waals surface area contributed by atoms with Crippen LogP contribution in [0.3, 0.4) is 0 Å². The lowest BCUT2D eigenvalue weighted by atomic mass is 9.85. The van der Waals surface area contributed by atoms with Crippen LogP contribution >= 0.6 is 11.9 Å². The van der Waals surface area contributed by atoms with Gasteiger partial charge in [-0.1, -0.05) is 66.7 Å². The molecule has 0 radical (unpaired) electrons. The van der Waals surface area contributed by atoms with Crippen LogP contribution in [0.4, 0.5) is 5.69 Å². The first-order chi connectivity index (χ1) is 18.8. The molecule has 6 rings (SSSR count). The van der Waals surface area contributed by atoms with Crippen molar-refractivity contribution < 1.29 is 5.11 Å². The van der Waals surface area contributed by atoms with Gasteiger partial charge in [-0.3, -0.25) is 0 Å². The highest BCUT2D eigenvalue weighted by atomic mass is 32.2. The fourth-order valence-corrected chi connectivity index (χ4v) is 6.64. The minimum absolute atomic E-state index is 0.198. The van der Waals surface area contributed by atoms with E-state index >= 15 is 0 Å². The molecule has 0 unspecified atom stereocenters. The average Bonchev–Trinajstić information content (AvgIpc) is 3.90. The molecule has 0 aromatic heterocycles. The molecule has 0 amide bonds. The largest absolute Gasteiger partial charge is 0.396 e. The molecule has 3 aromatic carbocycles. The van der Waals surface area contributed by atoms with Crippen molar-refractivity contribution in [1.29, 1.82) is 0 Å². The molecule has 3 nitrogen and oxygen atoms in total. The second-order valence-electron chi connectivity index (χ2n) is 11.2. The summed E-state index contributed by atoms with van der Waals surface area (Å²) in [4.78, 5) is 2.71. The molecule has 1 saturated heterocycles. The second-order valence-corrected chi connectivity index (χ2v) is 12.3. The van der Waals surface area contributed by atoms with Crippen LogP contribution in [0.2, 0.25) is 0 Å². The molecule has 38 heavy (non-hydrogen) atoms. The Labute approximate surface area is 232 Å². The second kappa shape index (κ2) is 12.1. The molecular weight excluding hydrogens is 484 g/mol. The maximum Gasteiger partial charge on any atom is 0.0440 e. The molecule has 3 fully saturated rings. The first-order valence-corrected chi connectivity index (χ1v) is 15.4. The van der Waals surface area contributed by atoms with E-state index in [0.717, 1.165) is 29.8 Å². The van der Waals surface area contributed by atoms with Gasteiger partial charge in [0.2, 0.25) is 0 Å². The van der Waals surface area contributed by atoms with Gasteiger partial charge in [0.15, 0.2) is 0 Å². The number of nitrogens with zero attached hydrogens (tertiary/aromatic N) is 1. The topological polar surface area (TPSA) is 35.5 Å². The van der Waals surface area contributed by atoms with E-state index in [1.165, 1.54) is 85.0 Å². The lowest BCUT2D eigenvalue weighted by Crippen LogP contribution is -2.34. The van der Waals surface area contributed by atoms with Gasteiger partial charge >= 0.3 is 0 Å². The number of piperidine rings is 1. The van der Waals surface area contributed by atoms with Crippen molar-refractivity contribution in [3.63, 3.8) is 0 Å². The van der Waals surface area contributed by atoms with Crippen molar-refractivity contribution in [2.45, 2.75) is 68.6 Å². The predicted molar refractivity (Wildman–Crippen MR) is 162 cm³/mol. The first-order valence-electron chi connectivity index (χ1n) is 14.5. The van der Waals surface area contributed by atoms with Crippen LogP contribution in [-0.4, -0.2) is 41.0 Å². The summed E-state index contributed by atoms with van der Waals surface area (Å²) < 4.78 is 3.53. The highest BCUT2D eigenvalue weighted by Crippen LogP contribution is 2.39. The molecule has 2 saturated carbocycles. The van der Waals surface area contributed by atoms with Gasteiger partial charge in [-0.05, 0) is 128 Å². The average molecular weight is 525 g/mol. The molecule has 3 aromatic rings. The summed E-state index contributed by atoms with van der Waals surface area (Å²) in [6.07, 6.45) is 9.61. The fraction of sp³-hybridized carbons (Fsp3) is 0.412. The SMILES string of the molecule is OCCC/C(=C(\c1ccc(NSC2CC2)cc1)c1ccc(C2CCN(C3CC3)CC2)cc1)c1ccccc1. The van der Waals surface area contributed by atoms with E-state index in [0.29, 0.717) is 5.92 Å². The van der Waals surface area contributed by atoms with Gasteiger partial charge in [0.05, 0.1) is 0 Å². The summed E-state index contributed by atoms with van der Waals surface area (Å²) in [5, 5.41) is 10.5. The van der Waals surface area contributed by atoms with Crippen LogP contribution < -0.4 is 4.72 Å². The molecule has 0 spiro atoms. The van der Waals surface area contributed by atoms with E-state index in [-0.39, 0.29) is 6.61 Å². The van der Waals surface area contributed by atoms with Crippen LogP contribution in [0.1, 0.15) is 79.5 Å². The number of anilines is 1. The Morgan fingerprint density at radius 1 is 0.763 bits per heavy atom.